The van der Waals surface area contributed by atoms with Gasteiger partial charge >= 0.3 is 0 Å². The van der Waals surface area contributed by atoms with E-state index in [0.717, 1.165) is 34.0 Å². The molecule has 6 aliphatic rings. The van der Waals surface area contributed by atoms with Gasteiger partial charge in [-0.15, -0.1) is 0 Å². The third-order valence-corrected chi connectivity index (χ3v) is 26.1. The summed E-state index contributed by atoms with van der Waals surface area (Å²) in [5.41, 5.74) is 6.72. The third kappa shape index (κ3) is 6.65. The number of rotatable bonds is 9. The van der Waals surface area contributed by atoms with E-state index >= 15 is 0 Å². The molecule has 0 atom stereocenters. The molecule has 0 aliphatic heterocycles. The zero-order valence-electron chi connectivity index (χ0n) is 26.7. The predicted molar refractivity (Wildman–Crippen MR) is 187 cm³/mol. The van der Waals surface area contributed by atoms with Crippen molar-refractivity contribution in [3.63, 3.8) is 0 Å². The van der Waals surface area contributed by atoms with Crippen molar-refractivity contribution in [1.82, 2.24) is 0 Å². The Balaban J connectivity index is 1.39. The van der Waals surface area contributed by atoms with Crippen LogP contribution in [-0.4, -0.2) is 47.7 Å². The van der Waals surface area contributed by atoms with Gasteiger partial charge in [-0.3, -0.25) is 0 Å². The van der Waals surface area contributed by atoms with E-state index in [9.17, 15) is 0 Å². The topological polar surface area (TPSA) is 0 Å². The van der Waals surface area contributed by atoms with Crippen LogP contribution in [0, 0.1) is 0 Å². The molecule has 4 radical (unpaired) electrons. The highest BCUT2D eigenvalue weighted by Gasteiger charge is 2.50. The molecule has 0 spiro atoms. The van der Waals surface area contributed by atoms with Gasteiger partial charge in [-0.2, -0.15) is 0 Å². The van der Waals surface area contributed by atoms with Gasteiger partial charge in [-0.1, -0.05) is 38.5 Å². The predicted octanol–water partition coefficient (Wildman–Crippen LogP) is 12.2. The maximum Gasteiger partial charge on any atom is 0.0228 e. The maximum atomic E-state index is 3.36. The molecule has 6 fully saturated rings. The lowest BCUT2D eigenvalue weighted by atomic mass is 9.76. The molecule has 6 saturated carbocycles. The first-order chi connectivity index (χ1) is 19.8. The highest BCUT2D eigenvalue weighted by Crippen LogP contribution is 2.81. The van der Waals surface area contributed by atoms with E-state index in [0.29, 0.717) is 0 Å². The normalized spacial score (nSPS) is 29.1. The van der Waals surface area contributed by atoms with Crippen LogP contribution < -0.4 is 0 Å². The van der Waals surface area contributed by atoms with Crippen LogP contribution in [0.5, 0.6) is 0 Å². The van der Waals surface area contributed by atoms with Crippen molar-refractivity contribution < 1.29 is 0 Å². The van der Waals surface area contributed by atoms with Crippen LogP contribution >= 0.6 is 14.3 Å². The minimum absolute atomic E-state index is 1.12. The van der Waals surface area contributed by atoms with E-state index in [1.165, 1.54) is 0 Å². The van der Waals surface area contributed by atoms with E-state index < -0.39 is 14.3 Å². The van der Waals surface area contributed by atoms with Gasteiger partial charge in [-0.25, -0.2) is 14.3 Å². The molecule has 226 valence electrons. The molecule has 0 N–H and O–H groups in total. The summed E-state index contributed by atoms with van der Waals surface area (Å²) in [5.74, 6) is 0. The van der Waals surface area contributed by atoms with Crippen LogP contribution in [0.15, 0.2) is 0 Å². The van der Waals surface area contributed by atoms with Crippen molar-refractivity contribution in [2.75, 3.05) is 0 Å². The van der Waals surface area contributed by atoms with Crippen LogP contribution in [0.1, 0.15) is 193 Å². The molecule has 0 unspecified atom stereocenters. The van der Waals surface area contributed by atoms with Crippen LogP contribution in [0.2, 0.25) is 0 Å². The molecule has 4 heteroatoms. The first kappa shape index (κ1) is 31.0. The van der Waals surface area contributed by atoms with Gasteiger partial charge in [0.1, 0.15) is 0 Å². The summed E-state index contributed by atoms with van der Waals surface area (Å²) in [7, 11) is -2.25. The summed E-state index contributed by atoms with van der Waals surface area (Å²) in [6, 6.07) is 0. The second kappa shape index (κ2) is 15.3. The minimum atomic E-state index is -1.12. The van der Waals surface area contributed by atoms with Gasteiger partial charge < -0.3 is 13.8 Å². The molecule has 0 heterocycles. The van der Waals surface area contributed by atoms with Crippen molar-refractivity contribution in [2.45, 2.75) is 227 Å². The molecule has 0 aromatic carbocycles. The fraction of sp³-hybridized carbons (Fsp3) is 1.00. The van der Waals surface area contributed by atoms with Crippen molar-refractivity contribution >= 4 is 28.1 Å². The van der Waals surface area contributed by atoms with Gasteiger partial charge in [0, 0.05) is 34.0 Å². The summed E-state index contributed by atoms with van der Waals surface area (Å²) in [6.07, 6.45) is 47.4. The first-order valence-electron chi connectivity index (χ1n) is 19.3. The second-order valence-corrected chi connectivity index (χ2v) is 24.4. The van der Waals surface area contributed by atoms with Crippen LogP contribution in [0.4, 0.5) is 0 Å². The number of hydrogen-bond acceptors (Lipinski definition) is 0. The van der Waals surface area contributed by atoms with E-state index in [2.05, 4.69) is 13.8 Å². The lowest BCUT2D eigenvalue weighted by molar-refractivity contribution is 0.456. The fourth-order valence-electron chi connectivity index (χ4n) is 11.9. The van der Waals surface area contributed by atoms with E-state index in [1.807, 2.05) is 0 Å². The van der Waals surface area contributed by atoms with E-state index in [-0.39, 0.29) is 0 Å². The molecular weight excluding hydrogens is 516 g/mol. The summed E-state index contributed by atoms with van der Waals surface area (Å²) < 4.78 is 0. The van der Waals surface area contributed by atoms with Gasteiger partial charge in [0.15, 0.2) is 0 Å². The SMILES string of the molecule is [B-]([B-][P+](C1CCCCC1)(C1CCCCC1)C1CCCCC1)[P+](C1CCCCC1)(C1CCCCC1)C1CCCCC1. The molecule has 0 aromatic heterocycles. The Hall–Kier alpha value is 0.990. The summed E-state index contributed by atoms with van der Waals surface area (Å²) in [5, 5.41) is 0. The first-order valence-corrected chi connectivity index (χ1v) is 23.4. The Bertz CT molecular complexity index is 568. The number of hydrogen-bond donors (Lipinski definition) is 0. The Kier molecular flexibility index (Phi) is 11.9. The average molecular weight is 582 g/mol. The fourth-order valence-corrected chi connectivity index (χ4v) is 26.4. The molecule has 0 aromatic rings. The maximum absolute atomic E-state index is 3.36. The Morgan fingerprint density at radius 2 is 0.375 bits per heavy atom. The molecule has 0 bridgehead atoms. The van der Waals surface area contributed by atoms with Crippen LogP contribution in [0.25, 0.3) is 0 Å². The highest BCUT2D eigenvalue weighted by molar-refractivity contribution is 8.20. The third-order valence-electron chi connectivity index (χ3n) is 13.8. The van der Waals surface area contributed by atoms with Crippen molar-refractivity contribution in [1.29, 1.82) is 0 Å². The summed E-state index contributed by atoms with van der Waals surface area (Å²) in [4.78, 5) is 0. The molecule has 6 aliphatic carbocycles. The summed E-state index contributed by atoms with van der Waals surface area (Å²) >= 11 is 0. The zero-order chi connectivity index (χ0) is 27.1. The lowest BCUT2D eigenvalue weighted by Gasteiger charge is -2.67. The van der Waals surface area contributed by atoms with Gasteiger partial charge in [0.25, 0.3) is 0 Å². The molecule has 6 rings (SSSR count). The molecule has 0 saturated heterocycles. The molecular formula is C36H66B2P2. The van der Waals surface area contributed by atoms with Gasteiger partial charge in [0.2, 0.25) is 0 Å². The second-order valence-electron chi connectivity index (χ2n) is 15.8. The van der Waals surface area contributed by atoms with Crippen molar-refractivity contribution in [3.05, 3.63) is 0 Å². The van der Waals surface area contributed by atoms with Crippen LogP contribution in [0.3, 0.4) is 0 Å². The lowest BCUT2D eigenvalue weighted by Crippen LogP contribution is -2.45. The van der Waals surface area contributed by atoms with Crippen molar-refractivity contribution in [3.8, 4) is 0 Å². The Morgan fingerprint density at radius 3 is 0.525 bits per heavy atom. The molecule has 40 heavy (non-hydrogen) atoms. The van der Waals surface area contributed by atoms with Crippen molar-refractivity contribution in [2.24, 2.45) is 0 Å². The van der Waals surface area contributed by atoms with Crippen LogP contribution in [-0.2, 0) is 0 Å². The molecule has 0 nitrogen and oxygen atoms in total. The Morgan fingerprint density at radius 1 is 0.225 bits per heavy atom. The molecule has 0 amide bonds. The van der Waals surface area contributed by atoms with Gasteiger partial charge in [0.05, 0.1) is 0 Å². The average Bonchev–Trinajstić information content (AvgIpc) is 3.06. The largest absolute Gasteiger partial charge is 0.305 e. The standard InChI is InChI=1S/C36H66B2P2/c1-7-19-31(20-8-1)39(32-21-9-2-10-22-32,33-23-11-3-12-24-33)37-38-40(34-25-13-4-14-26-34,35-27-15-5-16-28-35)36-29-17-6-18-30-36/h31-36H,1-30H2. The minimum Gasteiger partial charge on any atom is -0.305 e. The Labute approximate surface area is 254 Å². The smallest absolute Gasteiger partial charge is 0.0228 e. The summed E-state index contributed by atoms with van der Waals surface area (Å²) in [6.45, 7) is 6.72. The van der Waals surface area contributed by atoms with E-state index in [4.69, 9.17) is 0 Å². The van der Waals surface area contributed by atoms with E-state index in [1.54, 1.807) is 193 Å². The quantitative estimate of drug-likeness (QED) is 0.187. The zero-order valence-corrected chi connectivity index (χ0v) is 28.5. The monoisotopic (exact) mass is 582 g/mol. The highest BCUT2D eigenvalue weighted by atomic mass is 31.2. The van der Waals surface area contributed by atoms with Gasteiger partial charge in [-0.05, 0) is 154 Å².